The predicted octanol–water partition coefficient (Wildman–Crippen LogP) is 4.31. The van der Waals surface area contributed by atoms with Gasteiger partial charge in [0.25, 0.3) is 5.91 Å². The van der Waals surface area contributed by atoms with E-state index in [9.17, 15) is 18.8 Å². The zero-order valence-corrected chi connectivity index (χ0v) is 19.0. The number of anilines is 1. The summed E-state index contributed by atoms with van der Waals surface area (Å²) in [7, 11) is 1.42. The molecule has 0 aromatic heterocycles. The SMILES string of the molecule is CN(CC(=O)Nc1ccccc1Cl)C(=O)COC(=O)c1cccc(OCc2ccc(F)cc2)c1. The maximum Gasteiger partial charge on any atom is 0.338 e. The van der Waals surface area contributed by atoms with Gasteiger partial charge in [-0.05, 0) is 48.0 Å². The first-order valence-electron chi connectivity index (χ1n) is 10.2. The van der Waals surface area contributed by atoms with Crippen LogP contribution in [0.25, 0.3) is 0 Å². The molecule has 0 unspecified atom stereocenters. The zero-order chi connectivity index (χ0) is 24.5. The van der Waals surface area contributed by atoms with E-state index in [1.54, 1.807) is 48.5 Å². The van der Waals surface area contributed by atoms with Gasteiger partial charge < -0.3 is 19.7 Å². The average molecular weight is 485 g/mol. The van der Waals surface area contributed by atoms with Gasteiger partial charge in [-0.1, -0.05) is 41.9 Å². The monoisotopic (exact) mass is 484 g/mol. The zero-order valence-electron chi connectivity index (χ0n) is 18.3. The highest BCUT2D eigenvalue weighted by Crippen LogP contribution is 2.20. The number of benzene rings is 3. The molecule has 0 heterocycles. The van der Waals surface area contributed by atoms with Crippen LogP contribution in [0.2, 0.25) is 5.02 Å². The van der Waals surface area contributed by atoms with Crippen LogP contribution in [0.15, 0.2) is 72.8 Å². The third kappa shape index (κ3) is 7.31. The first-order valence-corrected chi connectivity index (χ1v) is 10.6. The maximum atomic E-state index is 13.0. The molecule has 0 aliphatic rings. The first-order chi connectivity index (χ1) is 16.3. The van der Waals surface area contributed by atoms with Crippen molar-refractivity contribution >= 4 is 35.1 Å². The molecule has 2 amide bonds. The molecule has 3 rings (SSSR count). The number of ether oxygens (including phenoxy) is 2. The van der Waals surface area contributed by atoms with Crippen molar-refractivity contribution in [3.8, 4) is 5.75 Å². The van der Waals surface area contributed by atoms with Crippen LogP contribution >= 0.6 is 11.6 Å². The second-order valence-corrected chi connectivity index (χ2v) is 7.70. The quantitative estimate of drug-likeness (QED) is 0.457. The molecule has 0 saturated heterocycles. The fourth-order valence-electron chi connectivity index (χ4n) is 2.84. The number of likely N-dealkylation sites (N-methyl/N-ethyl adjacent to an activating group) is 1. The summed E-state index contributed by atoms with van der Waals surface area (Å²) in [5, 5.41) is 2.99. The lowest BCUT2D eigenvalue weighted by atomic mass is 10.2. The Labute approximate surface area is 201 Å². The number of hydrogen-bond donors (Lipinski definition) is 1. The standard InChI is InChI=1S/C25H22ClFN2O5/c1-29(14-23(30)28-22-8-3-2-7-21(22)26)24(31)16-34-25(32)18-5-4-6-20(13-18)33-15-17-9-11-19(27)12-10-17/h2-13H,14-16H2,1H3,(H,28,30). The third-order valence-corrected chi connectivity index (χ3v) is 5.00. The van der Waals surface area contributed by atoms with Crippen molar-refractivity contribution in [1.82, 2.24) is 4.90 Å². The first kappa shape index (κ1) is 24.7. The summed E-state index contributed by atoms with van der Waals surface area (Å²) < 4.78 is 23.7. The highest BCUT2D eigenvalue weighted by molar-refractivity contribution is 6.33. The van der Waals surface area contributed by atoms with E-state index in [0.717, 1.165) is 10.5 Å². The number of hydrogen-bond acceptors (Lipinski definition) is 5. The second kappa shape index (κ2) is 11.8. The second-order valence-electron chi connectivity index (χ2n) is 7.30. The van der Waals surface area contributed by atoms with Gasteiger partial charge in [0.15, 0.2) is 6.61 Å². The van der Waals surface area contributed by atoms with Gasteiger partial charge in [0.2, 0.25) is 5.91 Å². The van der Waals surface area contributed by atoms with Crippen LogP contribution in [0.3, 0.4) is 0 Å². The van der Waals surface area contributed by atoms with Crippen molar-refractivity contribution in [1.29, 1.82) is 0 Å². The summed E-state index contributed by atoms with van der Waals surface area (Å²) in [5.74, 6) is -1.63. The van der Waals surface area contributed by atoms with Gasteiger partial charge in [-0.3, -0.25) is 9.59 Å². The molecule has 3 aromatic carbocycles. The van der Waals surface area contributed by atoms with Crippen molar-refractivity contribution in [2.24, 2.45) is 0 Å². The highest BCUT2D eigenvalue weighted by Gasteiger charge is 2.17. The van der Waals surface area contributed by atoms with Crippen LogP contribution < -0.4 is 10.1 Å². The Balaban J connectivity index is 1.47. The Kier molecular flexibility index (Phi) is 8.59. The summed E-state index contributed by atoms with van der Waals surface area (Å²) in [5.41, 5.74) is 1.40. The fourth-order valence-corrected chi connectivity index (χ4v) is 3.02. The lowest BCUT2D eigenvalue weighted by molar-refractivity contribution is -0.136. The molecule has 0 fully saturated rings. The Morgan fingerprint density at radius 1 is 1.00 bits per heavy atom. The van der Waals surface area contributed by atoms with Gasteiger partial charge in [0.1, 0.15) is 18.2 Å². The largest absolute Gasteiger partial charge is 0.489 e. The van der Waals surface area contributed by atoms with Crippen LogP contribution in [0.4, 0.5) is 10.1 Å². The number of para-hydroxylation sites is 1. The molecule has 0 spiro atoms. The van der Waals surface area contributed by atoms with Gasteiger partial charge >= 0.3 is 5.97 Å². The molecule has 34 heavy (non-hydrogen) atoms. The summed E-state index contributed by atoms with van der Waals surface area (Å²) in [4.78, 5) is 37.9. The van der Waals surface area contributed by atoms with Crippen molar-refractivity contribution in [2.45, 2.75) is 6.61 Å². The Morgan fingerprint density at radius 3 is 2.47 bits per heavy atom. The number of amides is 2. The van der Waals surface area contributed by atoms with Crippen molar-refractivity contribution in [3.63, 3.8) is 0 Å². The van der Waals surface area contributed by atoms with Gasteiger partial charge in [0.05, 0.1) is 22.8 Å². The van der Waals surface area contributed by atoms with Gasteiger partial charge in [-0.2, -0.15) is 0 Å². The normalized spacial score (nSPS) is 10.3. The summed E-state index contributed by atoms with van der Waals surface area (Å²) in [6.45, 7) is -0.581. The maximum absolute atomic E-state index is 13.0. The Hall–Kier alpha value is -3.91. The number of nitrogens with zero attached hydrogens (tertiary/aromatic N) is 1. The van der Waals surface area contributed by atoms with E-state index in [-0.39, 0.29) is 24.5 Å². The number of rotatable bonds is 9. The molecule has 0 aliphatic heterocycles. The van der Waals surface area contributed by atoms with Crippen molar-refractivity contribution in [3.05, 3.63) is 94.8 Å². The molecule has 0 radical (unpaired) electrons. The molecule has 7 nitrogen and oxygen atoms in total. The fraction of sp³-hybridized carbons (Fsp3) is 0.160. The molecule has 0 aliphatic carbocycles. The smallest absolute Gasteiger partial charge is 0.338 e. The Bertz CT molecular complexity index is 1170. The van der Waals surface area contributed by atoms with E-state index < -0.39 is 24.4 Å². The number of carbonyl (C=O) groups excluding carboxylic acids is 3. The number of nitrogens with one attached hydrogen (secondary N) is 1. The minimum atomic E-state index is -0.713. The van der Waals surface area contributed by atoms with Crippen LogP contribution in [-0.4, -0.2) is 42.9 Å². The van der Waals surface area contributed by atoms with E-state index in [4.69, 9.17) is 21.1 Å². The van der Waals surface area contributed by atoms with Gasteiger partial charge in [-0.15, -0.1) is 0 Å². The number of carbonyl (C=O) groups is 3. The summed E-state index contributed by atoms with van der Waals surface area (Å²) in [6.07, 6.45) is 0. The molecule has 1 N–H and O–H groups in total. The van der Waals surface area contributed by atoms with Gasteiger partial charge in [0, 0.05) is 7.05 Å². The summed E-state index contributed by atoms with van der Waals surface area (Å²) >= 11 is 6.00. The van der Waals surface area contributed by atoms with Crippen LogP contribution in [0.5, 0.6) is 5.75 Å². The van der Waals surface area contributed by atoms with Crippen molar-refractivity contribution < 1.29 is 28.2 Å². The molecule has 3 aromatic rings. The van der Waals surface area contributed by atoms with E-state index in [2.05, 4.69) is 5.32 Å². The molecule has 9 heteroatoms. The highest BCUT2D eigenvalue weighted by atomic mass is 35.5. The van der Waals surface area contributed by atoms with Gasteiger partial charge in [-0.25, -0.2) is 9.18 Å². The minimum absolute atomic E-state index is 0.193. The molecular weight excluding hydrogens is 463 g/mol. The number of esters is 1. The molecule has 0 atom stereocenters. The van der Waals surface area contributed by atoms with E-state index in [1.165, 1.54) is 31.3 Å². The summed E-state index contributed by atoms with van der Waals surface area (Å²) in [6, 6.07) is 18.9. The predicted molar refractivity (Wildman–Crippen MR) is 125 cm³/mol. The minimum Gasteiger partial charge on any atom is -0.489 e. The van der Waals surface area contributed by atoms with E-state index >= 15 is 0 Å². The molecule has 0 bridgehead atoms. The molecule has 176 valence electrons. The van der Waals surface area contributed by atoms with E-state index in [1.807, 2.05) is 0 Å². The van der Waals surface area contributed by atoms with Crippen LogP contribution in [0.1, 0.15) is 15.9 Å². The van der Waals surface area contributed by atoms with Crippen molar-refractivity contribution in [2.75, 3.05) is 25.5 Å². The number of halogens is 2. The molecular formula is C25H22ClFN2O5. The van der Waals surface area contributed by atoms with Crippen LogP contribution in [0, 0.1) is 5.82 Å². The van der Waals surface area contributed by atoms with E-state index in [0.29, 0.717) is 16.5 Å². The average Bonchev–Trinajstić information content (AvgIpc) is 2.83. The third-order valence-electron chi connectivity index (χ3n) is 4.67. The van der Waals surface area contributed by atoms with Crippen LogP contribution in [-0.2, 0) is 20.9 Å². The lowest BCUT2D eigenvalue weighted by Crippen LogP contribution is -2.37. The topological polar surface area (TPSA) is 84.9 Å². The lowest BCUT2D eigenvalue weighted by Gasteiger charge is -2.17. The Morgan fingerprint density at radius 2 is 1.74 bits per heavy atom. The molecule has 0 saturated carbocycles.